The largest absolute Gasteiger partial charge is 0.407 e. The lowest BCUT2D eigenvalue weighted by molar-refractivity contribution is -0.161. The highest BCUT2D eigenvalue weighted by atomic mass is 32.2. The maximum Gasteiger partial charge on any atom is 0.407 e. The number of likely N-dealkylation sites (tertiary alicyclic amines) is 2. The zero-order valence-electron chi connectivity index (χ0n) is 19.1. The number of nitrogens with one attached hydrogen (secondary N) is 2. The molecule has 4 heterocycles. The molecule has 6 fully saturated rings. The van der Waals surface area contributed by atoms with E-state index in [4.69, 9.17) is 0 Å². The second-order valence-corrected chi connectivity index (χ2v) is 13.6. The average Bonchev–Trinajstić information content (AvgIpc) is 3.56. The van der Waals surface area contributed by atoms with Crippen LogP contribution in [0.2, 0.25) is 0 Å². The molecule has 192 valence electrons. The van der Waals surface area contributed by atoms with Gasteiger partial charge in [-0.2, -0.15) is 30.6 Å². The number of nitrogens with zero attached hydrogens (tertiary/aromatic N) is 5. The van der Waals surface area contributed by atoms with Crippen molar-refractivity contribution < 1.29 is 26.4 Å². The summed E-state index contributed by atoms with van der Waals surface area (Å²) in [7, 11) is -4.20. The number of alkyl halides is 3. The number of hydrogen-bond acceptors (Lipinski definition) is 5. The Kier molecular flexibility index (Phi) is 4.25. The number of hydrogen-bond donors (Lipinski definition) is 2. The first-order valence-electron chi connectivity index (χ1n) is 12.2. The van der Waals surface area contributed by atoms with Gasteiger partial charge in [-0.1, -0.05) is 0 Å². The summed E-state index contributed by atoms with van der Waals surface area (Å²) in [4.78, 5) is 19.8. The Labute approximate surface area is 200 Å². The van der Waals surface area contributed by atoms with Crippen molar-refractivity contribution in [2.45, 2.75) is 62.1 Å². The van der Waals surface area contributed by atoms with E-state index >= 15 is 0 Å². The van der Waals surface area contributed by atoms with Crippen molar-refractivity contribution >= 4 is 16.2 Å². The fourth-order valence-electron chi connectivity index (χ4n) is 6.40. The van der Waals surface area contributed by atoms with E-state index in [2.05, 4.69) is 15.2 Å². The van der Waals surface area contributed by atoms with Crippen LogP contribution < -0.4 is 4.72 Å². The summed E-state index contributed by atoms with van der Waals surface area (Å²) in [6, 6.07) is -0.0335. The first-order chi connectivity index (χ1) is 16.4. The summed E-state index contributed by atoms with van der Waals surface area (Å²) in [6.45, 7) is 2.61. The molecule has 0 radical (unpaired) electrons. The molecule has 2 spiro atoms. The average molecular weight is 516 g/mol. The zero-order chi connectivity index (χ0) is 24.4. The lowest BCUT2D eigenvalue weighted by atomic mass is 9.57. The standard InChI is InChI=1S/C21H28F3N7O3S/c22-21(23,24)20(3-4-20)28-35(33,34)31-11-19(12-31)9-30(10-19)17(32)29-7-18(8-29)5-14(6-18)16-25-15(26-27-16)13-1-2-13/h13-14,28H,1-12H2,(H,25,26,27). The van der Waals surface area contributed by atoms with Crippen molar-refractivity contribution in [3.05, 3.63) is 11.6 Å². The van der Waals surface area contributed by atoms with Gasteiger partial charge in [0, 0.05) is 61.9 Å². The first-order valence-corrected chi connectivity index (χ1v) is 13.7. The monoisotopic (exact) mass is 515 g/mol. The maximum absolute atomic E-state index is 13.1. The summed E-state index contributed by atoms with van der Waals surface area (Å²) < 4.78 is 67.1. The van der Waals surface area contributed by atoms with Crippen LogP contribution in [0.4, 0.5) is 18.0 Å². The molecule has 6 aliphatic rings. The molecule has 3 saturated carbocycles. The molecule has 3 saturated heterocycles. The molecule has 1 aromatic heterocycles. The molecule has 0 aromatic carbocycles. The molecule has 3 aliphatic heterocycles. The highest BCUT2D eigenvalue weighted by Gasteiger charge is 2.67. The molecule has 2 amide bonds. The van der Waals surface area contributed by atoms with Gasteiger partial charge in [0.15, 0.2) is 0 Å². The van der Waals surface area contributed by atoms with Crippen LogP contribution in [0.1, 0.15) is 62.0 Å². The Hall–Kier alpha value is -1.93. The van der Waals surface area contributed by atoms with Crippen LogP contribution in [0.3, 0.4) is 0 Å². The summed E-state index contributed by atoms with van der Waals surface area (Å²) in [5.74, 6) is 2.90. The topological polar surface area (TPSA) is 115 Å². The molecule has 10 nitrogen and oxygen atoms in total. The SMILES string of the molecule is O=C(N1CC2(CC(c3nnc(C4CC4)[nH]3)C2)C1)N1CC2(C1)CN(S(=O)(=O)NC1(C(F)(F)F)CC1)C2. The van der Waals surface area contributed by atoms with Gasteiger partial charge in [0.1, 0.15) is 17.2 Å². The van der Waals surface area contributed by atoms with Gasteiger partial charge in [0.25, 0.3) is 10.2 Å². The number of H-pyrrole nitrogens is 1. The Morgan fingerprint density at radius 3 is 1.97 bits per heavy atom. The normalized spacial score (nSPS) is 28.9. The molecular weight excluding hydrogens is 487 g/mol. The van der Waals surface area contributed by atoms with E-state index in [0.29, 0.717) is 24.9 Å². The molecule has 7 rings (SSSR count). The fraction of sp³-hybridized carbons (Fsp3) is 0.857. The summed E-state index contributed by atoms with van der Waals surface area (Å²) >= 11 is 0. The van der Waals surface area contributed by atoms with Gasteiger partial charge in [-0.05, 0) is 38.5 Å². The molecule has 1 aromatic rings. The molecule has 3 aliphatic carbocycles. The van der Waals surface area contributed by atoms with Crippen LogP contribution in [-0.2, 0) is 10.2 Å². The van der Waals surface area contributed by atoms with Crippen molar-refractivity contribution in [2.24, 2.45) is 10.8 Å². The predicted molar refractivity (Wildman–Crippen MR) is 115 cm³/mol. The lowest BCUT2D eigenvalue weighted by Crippen LogP contribution is -2.77. The summed E-state index contributed by atoms with van der Waals surface area (Å²) in [6.07, 6.45) is -0.683. The van der Waals surface area contributed by atoms with Crippen molar-refractivity contribution in [3.8, 4) is 0 Å². The third-order valence-electron chi connectivity index (χ3n) is 8.86. The molecule has 35 heavy (non-hydrogen) atoms. The van der Waals surface area contributed by atoms with E-state index in [0.717, 1.165) is 41.9 Å². The molecule has 0 atom stereocenters. The number of rotatable bonds is 5. The number of carbonyl (C=O) groups is 1. The van der Waals surface area contributed by atoms with Crippen molar-refractivity contribution in [3.63, 3.8) is 0 Å². The van der Waals surface area contributed by atoms with E-state index in [1.54, 1.807) is 4.90 Å². The van der Waals surface area contributed by atoms with Gasteiger partial charge in [0.05, 0.1) is 0 Å². The second-order valence-electron chi connectivity index (χ2n) is 11.9. The molecular formula is C21H28F3N7O3S. The minimum atomic E-state index is -4.59. The van der Waals surface area contributed by atoms with Crippen LogP contribution in [0.15, 0.2) is 0 Å². The summed E-state index contributed by atoms with van der Waals surface area (Å²) in [5.41, 5.74) is -2.48. The van der Waals surface area contributed by atoms with Crippen molar-refractivity contribution in [2.75, 3.05) is 39.3 Å². The Balaban J connectivity index is 0.864. The van der Waals surface area contributed by atoms with E-state index in [1.807, 2.05) is 9.62 Å². The van der Waals surface area contributed by atoms with Gasteiger partial charge < -0.3 is 14.8 Å². The van der Waals surface area contributed by atoms with Crippen LogP contribution in [0, 0.1) is 10.8 Å². The number of aromatic amines is 1. The van der Waals surface area contributed by atoms with Crippen LogP contribution in [0.5, 0.6) is 0 Å². The molecule has 2 N–H and O–H groups in total. The van der Waals surface area contributed by atoms with E-state index in [-0.39, 0.29) is 42.8 Å². The highest BCUT2D eigenvalue weighted by molar-refractivity contribution is 7.87. The Morgan fingerprint density at radius 1 is 0.914 bits per heavy atom. The van der Waals surface area contributed by atoms with Gasteiger partial charge in [-0.25, -0.2) is 4.79 Å². The second kappa shape index (κ2) is 6.68. The van der Waals surface area contributed by atoms with Crippen LogP contribution in [0.25, 0.3) is 0 Å². The summed E-state index contributed by atoms with van der Waals surface area (Å²) in [5, 5.41) is 8.58. The first kappa shape index (κ1) is 22.3. The van der Waals surface area contributed by atoms with E-state index in [9.17, 15) is 26.4 Å². The number of halogens is 3. The van der Waals surface area contributed by atoms with Crippen LogP contribution in [-0.4, -0.2) is 94.7 Å². The zero-order valence-corrected chi connectivity index (χ0v) is 20.0. The van der Waals surface area contributed by atoms with Gasteiger partial charge in [-0.15, -0.1) is 10.2 Å². The number of carbonyl (C=O) groups excluding carboxylic acids is 1. The highest BCUT2D eigenvalue weighted by Crippen LogP contribution is 2.56. The van der Waals surface area contributed by atoms with E-state index in [1.165, 1.54) is 12.8 Å². The number of aromatic nitrogens is 3. The van der Waals surface area contributed by atoms with Gasteiger partial charge >= 0.3 is 12.2 Å². The van der Waals surface area contributed by atoms with Gasteiger partial charge in [-0.3, -0.25) is 0 Å². The third kappa shape index (κ3) is 3.42. The number of urea groups is 1. The Morgan fingerprint density at radius 2 is 1.46 bits per heavy atom. The van der Waals surface area contributed by atoms with Gasteiger partial charge in [0.2, 0.25) is 0 Å². The van der Waals surface area contributed by atoms with Crippen molar-refractivity contribution in [1.29, 1.82) is 0 Å². The molecule has 14 heteroatoms. The molecule has 0 unspecified atom stereocenters. The quantitative estimate of drug-likeness (QED) is 0.617. The van der Waals surface area contributed by atoms with E-state index < -0.39 is 21.9 Å². The third-order valence-corrected chi connectivity index (χ3v) is 10.4. The van der Waals surface area contributed by atoms with Crippen LogP contribution >= 0.6 is 0 Å². The Bertz CT molecular complexity index is 1160. The fourth-order valence-corrected chi connectivity index (χ4v) is 8.23. The van der Waals surface area contributed by atoms with Crippen molar-refractivity contribution in [1.82, 2.24) is 34.0 Å². The minimum absolute atomic E-state index is 0.0335. The minimum Gasteiger partial charge on any atom is -0.328 e. The molecule has 0 bridgehead atoms. The predicted octanol–water partition coefficient (Wildman–Crippen LogP) is 1.53. The number of amides is 2. The smallest absolute Gasteiger partial charge is 0.328 e. The lowest BCUT2D eigenvalue weighted by Gasteiger charge is -2.63. The maximum atomic E-state index is 13.1.